The number of carbonyl (C=O) groups is 2. The third-order valence-electron chi connectivity index (χ3n) is 3.87. The topological polar surface area (TPSA) is 101 Å². The second-order valence-electron chi connectivity index (χ2n) is 5.10. The molecule has 0 bridgehead atoms. The van der Waals surface area contributed by atoms with Crippen molar-refractivity contribution < 1.29 is 19.6 Å². The minimum absolute atomic E-state index is 0.157. The molecule has 2 unspecified atom stereocenters. The van der Waals surface area contributed by atoms with Crippen molar-refractivity contribution >= 4 is 17.6 Å². The van der Waals surface area contributed by atoms with Gasteiger partial charge in [0, 0.05) is 19.5 Å². The number of carboxylic acids is 1. The van der Waals surface area contributed by atoms with Gasteiger partial charge in [-0.3, -0.25) is 19.7 Å². The van der Waals surface area contributed by atoms with Gasteiger partial charge in [0.05, 0.1) is 22.4 Å². The molecule has 2 rings (SSSR count). The zero-order valence-corrected chi connectivity index (χ0v) is 11.6. The molecule has 0 radical (unpaired) electrons. The van der Waals surface area contributed by atoms with E-state index in [1.807, 2.05) is 0 Å². The maximum Gasteiger partial charge on any atom is 0.308 e. The van der Waals surface area contributed by atoms with Gasteiger partial charge in [0.15, 0.2) is 0 Å². The van der Waals surface area contributed by atoms with Crippen LogP contribution in [0.3, 0.4) is 0 Å². The first-order valence-electron chi connectivity index (χ1n) is 6.65. The van der Waals surface area contributed by atoms with Gasteiger partial charge < -0.3 is 10.0 Å². The summed E-state index contributed by atoms with van der Waals surface area (Å²) in [6.45, 7) is 0. The molecule has 0 aromatic heterocycles. The first kappa shape index (κ1) is 15.0. The van der Waals surface area contributed by atoms with Gasteiger partial charge in [-0.2, -0.15) is 0 Å². The van der Waals surface area contributed by atoms with E-state index in [4.69, 9.17) is 0 Å². The zero-order valence-electron chi connectivity index (χ0n) is 11.6. The average molecular weight is 292 g/mol. The molecule has 1 heterocycles. The fourth-order valence-electron chi connectivity index (χ4n) is 2.82. The highest BCUT2D eigenvalue weighted by Crippen LogP contribution is 2.38. The average Bonchev–Trinajstić information content (AvgIpc) is 2.59. The second-order valence-corrected chi connectivity index (χ2v) is 5.10. The summed E-state index contributed by atoms with van der Waals surface area (Å²) >= 11 is 0. The Morgan fingerprint density at radius 1 is 1.43 bits per heavy atom. The molecule has 0 spiro atoms. The summed E-state index contributed by atoms with van der Waals surface area (Å²) < 4.78 is 0. The predicted octanol–water partition coefficient (Wildman–Crippen LogP) is 1.98. The highest BCUT2D eigenvalue weighted by Gasteiger charge is 2.39. The Morgan fingerprint density at radius 3 is 2.71 bits per heavy atom. The number of nitrogens with zero attached hydrogens (tertiary/aromatic N) is 2. The minimum atomic E-state index is -1.04. The van der Waals surface area contributed by atoms with Crippen LogP contribution < -0.4 is 0 Å². The van der Waals surface area contributed by atoms with Crippen molar-refractivity contribution in [3.63, 3.8) is 0 Å². The fraction of sp³-hybridized carbons (Fsp3) is 0.429. The van der Waals surface area contributed by atoms with Crippen LogP contribution in [-0.4, -0.2) is 33.9 Å². The van der Waals surface area contributed by atoms with E-state index in [0.717, 1.165) is 0 Å². The van der Waals surface area contributed by atoms with Crippen LogP contribution >= 0.6 is 0 Å². The standard InChI is InChI=1S/C14H16N2O5/c1-15-12(17)8-4-6-10(14(18)19)13(15)9-5-2-3-7-11(9)16(20)21/h2-3,5,7,10,13H,4,6,8H2,1H3,(H,18,19). The van der Waals surface area contributed by atoms with Gasteiger partial charge in [0.25, 0.3) is 5.69 Å². The van der Waals surface area contributed by atoms with Gasteiger partial charge in [-0.1, -0.05) is 18.2 Å². The summed E-state index contributed by atoms with van der Waals surface area (Å²) in [6.07, 6.45) is 1.05. The molecule has 0 saturated carbocycles. The van der Waals surface area contributed by atoms with Crippen molar-refractivity contribution in [2.24, 2.45) is 5.92 Å². The largest absolute Gasteiger partial charge is 0.481 e. The van der Waals surface area contributed by atoms with Gasteiger partial charge in [0.1, 0.15) is 0 Å². The van der Waals surface area contributed by atoms with Gasteiger partial charge >= 0.3 is 5.97 Å². The molecular weight excluding hydrogens is 276 g/mol. The van der Waals surface area contributed by atoms with Crippen LogP contribution in [0.1, 0.15) is 30.9 Å². The zero-order chi connectivity index (χ0) is 15.6. The Balaban J connectivity index is 2.56. The fourth-order valence-corrected chi connectivity index (χ4v) is 2.82. The Kier molecular flexibility index (Phi) is 4.21. The molecule has 1 aliphatic heterocycles. The molecule has 1 saturated heterocycles. The third-order valence-corrected chi connectivity index (χ3v) is 3.87. The first-order chi connectivity index (χ1) is 9.93. The molecule has 1 fully saturated rings. The van der Waals surface area contributed by atoms with Crippen LogP contribution in [0, 0.1) is 16.0 Å². The number of carbonyl (C=O) groups excluding carboxylic acids is 1. The SMILES string of the molecule is CN1C(=O)CCCC(C(=O)O)C1c1ccccc1[N+](=O)[O-]. The molecule has 7 heteroatoms. The molecule has 0 aliphatic carbocycles. The smallest absolute Gasteiger partial charge is 0.308 e. The number of hydrogen-bond donors (Lipinski definition) is 1. The van der Waals surface area contributed by atoms with Gasteiger partial charge in [-0.25, -0.2) is 0 Å². The number of nitro groups is 1. The summed E-state index contributed by atoms with van der Waals surface area (Å²) in [5, 5.41) is 20.6. The molecule has 1 amide bonds. The lowest BCUT2D eigenvalue weighted by atomic mass is 9.88. The van der Waals surface area contributed by atoms with E-state index in [9.17, 15) is 24.8 Å². The quantitative estimate of drug-likeness (QED) is 0.678. The molecule has 7 nitrogen and oxygen atoms in total. The van der Waals surface area contributed by atoms with Crippen LogP contribution in [0.25, 0.3) is 0 Å². The predicted molar refractivity (Wildman–Crippen MR) is 73.6 cm³/mol. The van der Waals surface area contributed by atoms with Crippen LogP contribution in [-0.2, 0) is 9.59 Å². The number of carboxylic acid groups (broad SMARTS) is 1. The number of rotatable bonds is 3. The Morgan fingerprint density at radius 2 is 2.10 bits per heavy atom. The summed E-state index contributed by atoms with van der Waals surface area (Å²) in [5.74, 6) is -2.08. The number of likely N-dealkylation sites (tertiary alicyclic amines) is 1. The van der Waals surface area contributed by atoms with E-state index >= 15 is 0 Å². The molecule has 112 valence electrons. The Labute approximate surface area is 121 Å². The molecule has 1 aromatic rings. The third kappa shape index (κ3) is 2.86. The van der Waals surface area contributed by atoms with E-state index in [-0.39, 0.29) is 23.6 Å². The Bertz CT molecular complexity index is 586. The van der Waals surface area contributed by atoms with Crippen LogP contribution in [0.2, 0.25) is 0 Å². The summed E-state index contributed by atoms with van der Waals surface area (Å²) in [4.78, 5) is 35.5. The summed E-state index contributed by atoms with van der Waals surface area (Å²) in [7, 11) is 1.50. The lowest BCUT2D eigenvalue weighted by Crippen LogP contribution is -2.36. The molecular formula is C14H16N2O5. The number of para-hydroxylation sites is 1. The van der Waals surface area contributed by atoms with Crippen LogP contribution in [0.5, 0.6) is 0 Å². The van der Waals surface area contributed by atoms with E-state index < -0.39 is 22.9 Å². The van der Waals surface area contributed by atoms with Crippen molar-refractivity contribution in [3.05, 3.63) is 39.9 Å². The molecule has 1 N–H and O–H groups in total. The van der Waals surface area contributed by atoms with Gasteiger partial charge in [-0.05, 0) is 12.8 Å². The lowest BCUT2D eigenvalue weighted by molar-refractivity contribution is -0.386. The molecule has 1 aromatic carbocycles. The van der Waals surface area contributed by atoms with Crippen LogP contribution in [0.4, 0.5) is 5.69 Å². The summed E-state index contributed by atoms with van der Waals surface area (Å²) in [5.41, 5.74) is 0.114. The maximum atomic E-state index is 12.0. The molecule has 2 atom stereocenters. The van der Waals surface area contributed by atoms with E-state index in [1.54, 1.807) is 6.07 Å². The van der Waals surface area contributed by atoms with Crippen molar-refractivity contribution in [1.29, 1.82) is 0 Å². The van der Waals surface area contributed by atoms with Crippen molar-refractivity contribution in [1.82, 2.24) is 4.90 Å². The first-order valence-corrected chi connectivity index (χ1v) is 6.65. The maximum absolute atomic E-state index is 12.0. The number of nitro benzene ring substituents is 1. The monoisotopic (exact) mass is 292 g/mol. The van der Waals surface area contributed by atoms with Gasteiger partial charge in [0.2, 0.25) is 5.91 Å². The second kappa shape index (κ2) is 5.90. The lowest BCUT2D eigenvalue weighted by Gasteiger charge is -2.30. The van der Waals surface area contributed by atoms with E-state index in [0.29, 0.717) is 12.8 Å². The van der Waals surface area contributed by atoms with E-state index in [1.165, 1.54) is 30.1 Å². The number of aliphatic carboxylic acids is 1. The van der Waals surface area contributed by atoms with Crippen LogP contribution in [0.15, 0.2) is 24.3 Å². The summed E-state index contributed by atoms with van der Waals surface area (Å²) in [6, 6.07) is 5.17. The van der Waals surface area contributed by atoms with Crippen molar-refractivity contribution in [3.8, 4) is 0 Å². The molecule has 1 aliphatic rings. The van der Waals surface area contributed by atoms with E-state index in [2.05, 4.69) is 0 Å². The van der Waals surface area contributed by atoms with Crippen molar-refractivity contribution in [2.75, 3.05) is 7.05 Å². The highest BCUT2D eigenvalue weighted by molar-refractivity contribution is 5.80. The Hall–Kier alpha value is -2.44. The minimum Gasteiger partial charge on any atom is -0.481 e. The molecule has 21 heavy (non-hydrogen) atoms. The normalized spacial score (nSPS) is 22.7. The van der Waals surface area contributed by atoms with Crippen molar-refractivity contribution in [2.45, 2.75) is 25.3 Å². The highest BCUT2D eigenvalue weighted by atomic mass is 16.6. The number of hydrogen-bond acceptors (Lipinski definition) is 4. The number of amides is 1. The van der Waals surface area contributed by atoms with Gasteiger partial charge in [-0.15, -0.1) is 0 Å². The number of benzene rings is 1.